The van der Waals surface area contributed by atoms with Crippen LogP contribution in [0.25, 0.3) is 0 Å². The van der Waals surface area contributed by atoms with Gasteiger partial charge in [-0.2, -0.15) is 0 Å². The van der Waals surface area contributed by atoms with Crippen LogP contribution in [0.1, 0.15) is 84.5 Å². The summed E-state index contributed by atoms with van der Waals surface area (Å²) in [5, 5.41) is 8.74. The van der Waals surface area contributed by atoms with Crippen molar-refractivity contribution >= 4 is 14.3 Å². The number of hydrogen-bond acceptors (Lipinski definition) is 4. The zero-order valence-electron chi connectivity index (χ0n) is 19.6. The van der Waals surface area contributed by atoms with Gasteiger partial charge in [0.25, 0.3) is 0 Å². The van der Waals surface area contributed by atoms with Crippen LogP contribution < -0.4 is 0 Å². The van der Waals surface area contributed by atoms with E-state index in [1.807, 2.05) is 13.1 Å². The number of allylic oxidation sites excluding steroid dienone is 2. The van der Waals surface area contributed by atoms with Gasteiger partial charge in [0.05, 0.1) is 6.10 Å². The molecular formula is C24H44O5Si. The molecule has 5 nitrogen and oxygen atoms in total. The lowest BCUT2D eigenvalue weighted by Crippen LogP contribution is -2.40. The highest BCUT2D eigenvalue weighted by atomic mass is 28.4. The van der Waals surface area contributed by atoms with Gasteiger partial charge in [0.2, 0.25) is 0 Å². The van der Waals surface area contributed by atoms with Gasteiger partial charge in [-0.1, -0.05) is 26.0 Å². The van der Waals surface area contributed by atoms with Crippen LogP contribution in [-0.4, -0.2) is 43.2 Å². The SMILES string of the molecule is CC(C)(CC[C@@H]1C(C/C=C\CCCC(=O)O)CC[C@H]1OC1CCCCO1)[Si](C)(C)O. The normalized spacial score (nSPS) is 28.3. The van der Waals surface area contributed by atoms with Crippen molar-refractivity contribution in [2.75, 3.05) is 6.61 Å². The molecule has 2 unspecified atom stereocenters. The topological polar surface area (TPSA) is 76.0 Å². The Labute approximate surface area is 184 Å². The van der Waals surface area contributed by atoms with E-state index in [9.17, 15) is 9.59 Å². The number of hydrogen-bond donors (Lipinski definition) is 2. The predicted molar refractivity (Wildman–Crippen MR) is 123 cm³/mol. The Morgan fingerprint density at radius 1 is 1.20 bits per heavy atom. The minimum absolute atomic E-state index is 0.0152. The molecule has 1 saturated carbocycles. The van der Waals surface area contributed by atoms with Crippen LogP contribution in [0.4, 0.5) is 0 Å². The molecule has 1 aliphatic carbocycles. The fourth-order valence-electron chi connectivity index (χ4n) is 4.60. The molecule has 4 atom stereocenters. The number of unbranched alkanes of at least 4 members (excludes halogenated alkanes) is 1. The number of carbonyl (C=O) groups is 1. The van der Waals surface area contributed by atoms with Crippen molar-refractivity contribution in [1.29, 1.82) is 0 Å². The smallest absolute Gasteiger partial charge is 0.303 e. The van der Waals surface area contributed by atoms with Gasteiger partial charge in [0.15, 0.2) is 14.6 Å². The van der Waals surface area contributed by atoms with Crippen molar-refractivity contribution in [3.8, 4) is 0 Å². The van der Waals surface area contributed by atoms with E-state index in [0.717, 1.165) is 51.6 Å². The number of rotatable bonds is 12. The molecule has 174 valence electrons. The van der Waals surface area contributed by atoms with Crippen LogP contribution >= 0.6 is 0 Å². The summed E-state index contributed by atoms with van der Waals surface area (Å²) in [4.78, 5) is 21.4. The summed E-state index contributed by atoms with van der Waals surface area (Å²) in [6.45, 7) is 9.32. The number of carboxylic acids is 1. The lowest BCUT2D eigenvalue weighted by atomic mass is 9.85. The van der Waals surface area contributed by atoms with Crippen molar-refractivity contribution in [3.05, 3.63) is 12.2 Å². The third-order valence-corrected chi connectivity index (χ3v) is 11.1. The van der Waals surface area contributed by atoms with Gasteiger partial charge in [0.1, 0.15) is 0 Å². The molecule has 0 aromatic rings. The molecule has 0 aromatic heterocycles. The Kier molecular flexibility index (Phi) is 10.0. The molecule has 2 fully saturated rings. The lowest BCUT2D eigenvalue weighted by Gasteiger charge is -2.37. The first kappa shape index (κ1) is 25.6. The second-order valence-corrected chi connectivity index (χ2v) is 14.9. The lowest BCUT2D eigenvalue weighted by molar-refractivity contribution is -0.196. The molecule has 1 heterocycles. The highest BCUT2D eigenvalue weighted by Crippen LogP contribution is 2.46. The number of ether oxygens (including phenoxy) is 2. The highest BCUT2D eigenvalue weighted by Gasteiger charge is 2.42. The largest absolute Gasteiger partial charge is 0.481 e. The molecule has 30 heavy (non-hydrogen) atoms. The minimum Gasteiger partial charge on any atom is -0.481 e. The van der Waals surface area contributed by atoms with E-state index >= 15 is 0 Å². The third kappa shape index (κ3) is 8.10. The summed E-state index contributed by atoms with van der Waals surface area (Å²) in [6, 6.07) is 0. The molecule has 1 saturated heterocycles. The van der Waals surface area contributed by atoms with Crippen LogP contribution in [0, 0.1) is 11.8 Å². The molecule has 2 rings (SSSR count). The van der Waals surface area contributed by atoms with Crippen LogP contribution in [0.3, 0.4) is 0 Å². The summed E-state index contributed by atoms with van der Waals surface area (Å²) in [7, 11) is -2.22. The predicted octanol–water partition coefficient (Wildman–Crippen LogP) is 5.88. The van der Waals surface area contributed by atoms with E-state index in [0.29, 0.717) is 18.3 Å². The summed E-state index contributed by atoms with van der Waals surface area (Å²) in [5.41, 5.74) is 0. The maximum atomic E-state index is 10.7. The van der Waals surface area contributed by atoms with E-state index in [4.69, 9.17) is 14.6 Å². The standard InChI is InChI=1S/C24H44O5Si/c1-24(2,30(3,4)27)17-16-20-19(11-7-5-6-8-12-22(25)26)14-15-21(20)29-23-13-9-10-18-28-23/h5,7,19-21,23,27H,6,8-18H2,1-4H3,(H,25,26)/b7-5-/t19?,20-,21-,23?/m1/s1. The maximum Gasteiger partial charge on any atom is 0.303 e. The molecule has 0 aromatic carbocycles. The summed E-state index contributed by atoms with van der Waals surface area (Å²) in [6.07, 6.45) is 15.1. The Morgan fingerprint density at radius 3 is 2.60 bits per heavy atom. The summed E-state index contributed by atoms with van der Waals surface area (Å²) >= 11 is 0. The van der Waals surface area contributed by atoms with Crippen LogP contribution in [-0.2, 0) is 14.3 Å². The first-order chi connectivity index (χ1) is 14.1. The highest BCUT2D eigenvalue weighted by molar-refractivity contribution is 6.72. The van der Waals surface area contributed by atoms with E-state index in [-0.39, 0.29) is 23.9 Å². The zero-order chi connectivity index (χ0) is 22.2. The van der Waals surface area contributed by atoms with Gasteiger partial charge in [-0.15, -0.1) is 0 Å². The number of aliphatic carboxylic acids is 1. The second-order valence-electron chi connectivity index (χ2n) is 10.4. The molecule has 0 spiro atoms. The van der Waals surface area contributed by atoms with Crippen LogP contribution in [0.2, 0.25) is 18.1 Å². The van der Waals surface area contributed by atoms with Crippen molar-refractivity contribution < 1.29 is 24.2 Å². The van der Waals surface area contributed by atoms with Gasteiger partial charge in [-0.25, -0.2) is 0 Å². The molecule has 6 heteroatoms. The maximum absolute atomic E-state index is 10.7. The summed E-state index contributed by atoms with van der Waals surface area (Å²) < 4.78 is 12.3. The van der Waals surface area contributed by atoms with Gasteiger partial charge in [-0.05, 0) is 94.2 Å². The van der Waals surface area contributed by atoms with Gasteiger partial charge >= 0.3 is 5.97 Å². The monoisotopic (exact) mass is 440 g/mol. The first-order valence-corrected chi connectivity index (χ1v) is 14.9. The Bertz CT molecular complexity index is 548. The molecule has 0 bridgehead atoms. The average Bonchev–Trinajstić information content (AvgIpc) is 3.04. The molecule has 0 radical (unpaired) electrons. The van der Waals surface area contributed by atoms with E-state index in [2.05, 4.69) is 26.0 Å². The van der Waals surface area contributed by atoms with E-state index in [1.54, 1.807) is 0 Å². The molecule has 1 aliphatic heterocycles. The zero-order valence-corrected chi connectivity index (χ0v) is 20.6. The molecule has 0 amide bonds. The summed E-state index contributed by atoms with van der Waals surface area (Å²) in [5.74, 6) is 0.366. The molecular weight excluding hydrogens is 396 g/mol. The molecule has 2 N–H and O–H groups in total. The van der Waals surface area contributed by atoms with Crippen LogP contribution in [0.5, 0.6) is 0 Å². The Balaban J connectivity index is 1.94. The average molecular weight is 441 g/mol. The molecule has 2 aliphatic rings. The van der Waals surface area contributed by atoms with Crippen molar-refractivity contribution in [2.45, 2.75) is 115 Å². The quantitative estimate of drug-likeness (QED) is 0.225. The van der Waals surface area contributed by atoms with Crippen molar-refractivity contribution in [1.82, 2.24) is 0 Å². The fourth-order valence-corrected chi connectivity index (χ4v) is 5.36. The van der Waals surface area contributed by atoms with E-state index in [1.165, 1.54) is 12.8 Å². The fraction of sp³-hybridized carbons (Fsp3) is 0.875. The van der Waals surface area contributed by atoms with Crippen molar-refractivity contribution in [2.24, 2.45) is 11.8 Å². The van der Waals surface area contributed by atoms with Crippen molar-refractivity contribution in [3.63, 3.8) is 0 Å². The van der Waals surface area contributed by atoms with Gasteiger partial charge < -0.3 is 19.4 Å². The second kappa shape index (κ2) is 11.8. The third-order valence-electron chi connectivity index (χ3n) is 7.50. The van der Waals surface area contributed by atoms with Crippen LogP contribution in [0.15, 0.2) is 12.2 Å². The number of carboxylic acid groups (broad SMARTS) is 1. The van der Waals surface area contributed by atoms with Gasteiger partial charge in [0, 0.05) is 13.0 Å². The van der Waals surface area contributed by atoms with Gasteiger partial charge in [-0.3, -0.25) is 4.79 Å². The minimum atomic E-state index is -2.22. The first-order valence-electron chi connectivity index (χ1n) is 12.0. The van der Waals surface area contributed by atoms with E-state index < -0.39 is 14.3 Å². The Morgan fingerprint density at radius 2 is 1.97 bits per heavy atom. The Hall–Kier alpha value is -0.693.